The molecule has 1 saturated heterocycles. The summed E-state index contributed by atoms with van der Waals surface area (Å²) < 4.78 is 4.85. The number of piperidine rings is 1. The number of carbonyl (C=O) groups is 3. The van der Waals surface area contributed by atoms with E-state index in [2.05, 4.69) is 10.6 Å². The van der Waals surface area contributed by atoms with Crippen LogP contribution in [0.3, 0.4) is 0 Å². The Labute approximate surface area is 141 Å². The molecular weight excluding hydrogens is 310 g/mol. The van der Waals surface area contributed by atoms with Crippen molar-refractivity contribution in [3.05, 3.63) is 29.8 Å². The highest BCUT2D eigenvalue weighted by atomic mass is 16.5. The van der Waals surface area contributed by atoms with Crippen molar-refractivity contribution < 1.29 is 19.1 Å². The van der Waals surface area contributed by atoms with E-state index in [1.807, 2.05) is 0 Å². The standard InChI is InChI=1S/C17H23N3O4/c1-12(21)18-15-5-3-4-13(10-15)17(23)19-14-6-8-20(9-7-14)16(22)11-24-2/h3-5,10,14H,6-9,11H2,1-2H3,(H,18,21)(H,19,23). The average Bonchev–Trinajstić information content (AvgIpc) is 2.55. The third-order valence-electron chi connectivity index (χ3n) is 3.90. The summed E-state index contributed by atoms with van der Waals surface area (Å²) in [4.78, 5) is 36.9. The molecule has 2 rings (SSSR count). The lowest BCUT2D eigenvalue weighted by molar-refractivity contribution is -0.136. The number of hydrogen-bond acceptors (Lipinski definition) is 4. The van der Waals surface area contributed by atoms with E-state index in [-0.39, 0.29) is 30.4 Å². The molecule has 0 radical (unpaired) electrons. The van der Waals surface area contributed by atoms with Gasteiger partial charge in [0.25, 0.3) is 5.91 Å². The van der Waals surface area contributed by atoms with E-state index in [0.717, 1.165) is 0 Å². The molecule has 3 amide bonds. The number of benzene rings is 1. The van der Waals surface area contributed by atoms with Crippen LogP contribution in [0, 0.1) is 0 Å². The molecule has 1 aromatic carbocycles. The highest BCUT2D eigenvalue weighted by molar-refractivity contribution is 5.97. The summed E-state index contributed by atoms with van der Waals surface area (Å²) in [5.41, 5.74) is 1.09. The van der Waals surface area contributed by atoms with Gasteiger partial charge in [-0.15, -0.1) is 0 Å². The summed E-state index contributed by atoms with van der Waals surface area (Å²) >= 11 is 0. The van der Waals surface area contributed by atoms with E-state index in [0.29, 0.717) is 37.2 Å². The maximum Gasteiger partial charge on any atom is 0.251 e. The van der Waals surface area contributed by atoms with Crippen LogP contribution in [0.4, 0.5) is 5.69 Å². The van der Waals surface area contributed by atoms with Gasteiger partial charge in [0.2, 0.25) is 11.8 Å². The summed E-state index contributed by atoms with van der Waals surface area (Å²) in [7, 11) is 1.50. The Morgan fingerprint density at radius 2 is 1.96 bits per heavy atom. The molecule has 0 saturated carbocycles. The van der Waals surface area contributed by atoms with Gasteiger partial charge in [0, 0.05) is 44.4 Å². The minimum atomic E-state index is -0.180. The number of methoxy groups -OCH3 is 1. The van der Waals surface area contributed by atoms with E-state index in [9.17, 15) is 14.4 Å². The fourth-order valence-corrected chi connectivity index (χ4v) is 2.70. The smallest absolute Gasteiger partial charge is 0.251 e. The van der Waals surface area contributed by atoms with Crippen LogP contribution in [0.25, 0.3) is 0 Å². The van der Waals surface area contributed by atoms with Crippen LogP contribution in [0.5, 0.6) is 0 Å². The largest absolute Gasteiger partial charge is 0.375 e. The van der Waals surface area contributed by atoms with Crippen LogP contribution in [0.2, 0.25) is 0 Å². The first-order chi connectivity index (χ1) is 11.5. The molecule has 24 heavy (non-hydrogen) atoms. The maximum absolute atomic E-state index is 12.3. The highest BCUT2D eigenvalue weighted by Crippen LogP contribution is 2.14. The van der Waals surface area contributed by atoms with Gasteiger partial charge in [0.1, 0.15) is 6.61 Å². The molecule has 0 spiro atoms. The van der Waals surface area contributed by atoms with Gasteiger partial charge in [-0.1, -0.05) is 6.07 Å². The van der Waals surface area contributed by atoms with Crippen molar-refractivity contribution in [1.82, 2.24) is 10.2 Å². The molecule has 0 aliphatic carbocycles. The molecule has 0 aromatic heterocycles. The number of amides is 3. The molecule has 2 N–H and O–H groups in total. The van der Waals surface area contributed by atoms with Crippen molar-refractivity contribution in [2.24, 2.45) is 0 Å². The predicted octanol–water partition coefficient (Wildman–Crippen LogP) is 1.01. The zero-order valence-corrected chi connectivity index (χ0v) is 14.0. The second kappa shape index (κ2) is 8.44. The number of carbonyl (C=O) groups excluding carboxylic acids is 3. The Hall–Kier alpha value is -2.41. The second-order valence-corrected chi connectivity index (χ2v) is 5.82. The van der Waals surface area contributed by atoms with E-state index in [1.54, 1.807) is 29.2 Å². The van der Waals surface area contributed by atoms with Gasteiger partial charge in [0.15, 0.2) is 0 Å². The molecule has 0 atom stereocenters. The van der Waals surface area contributed by atoms with Crippen molar-refractivity contribution in [2.75, 3.05) is 32.1 Å². The van der Waals surface area contributed by atoms with Crippen LogP contribution < -0.4 is 10.6 Å². The van der Waals surface area contributed by atoms with E-state index >= 15 is 0 Å². The van der Waals surface area contributed by atoms with Gasteiger partial charge in [-0.05, 0) is 31.0 Å². The number of ether oxygens (including phenoxy) is 1. The number of nitrogens with zero attached hydrogens (tertiary/aromatic N) is 1. The quantitative estimate of drug-likeness (QED) is 0.842. The Morgan fingerprint density at radius 1 is 1.25 bits per heavy atom. The molecule has 0 bridgehead atoms. The predicted molar refractivity (Wildman–Crippen MR) is 89.7 cm³/mol. The van der Waals surface area contributed by atoms with Crippen LogP contribution in [0.15, 0.2) is 24.3 Å². The second-order valence-electron chi connectivity index (χ2n) is 5.82. The van der Waals surface area contributed by atoms with Crippen molar-refractivity contribution in [2.45, 2.75) is 25.8 Å². The molecule has 1 aliphatic heterocycles. The SMILES string of the molecule is COCC(=O)N1CCC(NC(=O)c2cccc(NC(C)=O)c2)CC1. The molecule has 1 heterocycles. The summed E-state index contributed by atoms with van der Waals surface area (Å²) in [6, 6.07) is 6.85. The third kappa shape index (κ3) is 5.06. The summed E-state index contributed by atoms with van der Waals surface area (Å²) in [6.07, 6.45) is 1.43. The monoisotopic (exact) mass is 333 g/mol. The van der Waals surface area contributed by atoms with E-state index in [1.165, 1.54) is 14.0 Å². The third-order valence-corrected chi connectivity index (χ3v) is 3.90. The van der Waals surface area contributed by atoms with Crippen molar-refractivity contribution in [3.8, 4) is 0 Å². The normalized spacial score (nSPS) is 15.0. The summed E-state index contributed by atoms with van der Waals surface area (Å²) in [6.45, 7) is 2.73. The lowest BCUT2D eigenvalue weighted by atomic mass is 10.0. The number of anilines is 1. The minimum absolute atomic E-state index is 0.0229. The first kappa shape index (κ1) is 17.9. The molecule has 7 heteroatoms. The lowest BCUT2D eigenvalue weighted by Crippen LogP contribution is -2.47. The van der Waals surface area contributed by atoms with Crippen LogP contribution in [-0.4, -0.2) is 55.5 Å². The van der Waals surface area contributed by atoms with Crippen LogP contribution in [-0.2, 0) is 14.3 Å². The van der Waals surface area contributed by atoms with E-state index in [4.69, 9.17) is 4.74 Å². The van der Waals surface area contributed by atoms with Crippen molar-refractivity contribution in [1.29, 1.82) is 0 Å². The van der Waals surface area contributed by atoms with Crippen molar-refractivity contribution >= 4 is 23.4 Å². The fourth-order valence-electron chi connectivity index (χ4n) is 2.70. The minimum Gasteiger partial charge on any atom is -0.375 e. The van der Waals surface area contributed by atoms with Gasteiger partial charge >= 0.3 is 0 Å². The summed E-state index contributed by atoms with van der Waals surface area (Å²) in [5.74, 6) is -0.380. The first-order valence-corrected chi connectivity index (χ1v) is 7.95. The molecular formula is C17H23N3O4. The van der Waals surface area contributed by atoms with Gasteiger partial charge in [-0.2, -0.15) is 0 Å². The van der Waals surface area contributed by atoms with E-state index < -0.39 is 0 Å². The summed E-state index contributed by atoms with van der Waals surface area (Å²) in [5, 5.41) is 5.65. The number of hydrogen-bond donors (Lipinski definition) is 2. The zero-order chi connectivity index (χ0) is 17.5. The molecule has 1 aromatic rings. The zero-order valence-electron chi connectivity index (χ0n) is 14.0. The highest BCUT2D eigenvalue weighted by Gasteiger charge is 2.24. The van der Waals surface area contributed by atoms with Gasteiger partial charge in [-0.3, -0.25) is 14.4 Å². The molecule has 7 nitrogen and oxygen atoms in total. The maximum atomic E-state index is 12.3. The molecule has 1 fully saturated rings. The van der Waals surface area contributed by atoms with Gasteiger partial charge < -0.3 is 20.3 Å². The number of rotatable bonds is 5. The van der Waals surface area contributed by atoms with Crippen LogP contribution >= 0.6 is 0 Å². The number of likely N-dealkylation sites (tertiary alicyclic amines) is 1. The Morgan fingerprint density at radius 3 is 2.58 bits per heavy atom. The first-order valence-electron chi connectivity index (χ1n) is 7.95. The Bertz CT molecular complexity index is 610. The van der Waals surface area contributed by atoms with Crippen LogP contribution in [0.1, 0.15) is 30.1 Å². The molecule has 1 aliphatic rings. The topological polar surface area (TPSA) is 87.7 Å². The van der Waals surface area contributed by atoms with Gasteiger partial charge in [-0.25, -0.2) is 0 Å². The van der Waals surface area contributed by atoms with Gasteiger partial charge in [0.05, 0.1) is 0 Å². The average molecular weight is 333 g/mol. The Kier molecular flexibility index (Phi) is 6.31. The molecule has 0 unspecified atom stereocenters. The fraction of sp³-hybridized carbons (Fsp3) is 0.471. The lowest BCUT2D eigenvalue weighted by Gasteiger charge is -2.32. The Balaban J connectivity index is 1.87. The molecule has 130 valence electrons. The number of nitrogens with one attached hydrogen (secondary N) is 2. The van der Waals surface area contributed by atoms with Crippen molar-refractivity contribution in [3.63, 3.8) is 0 Å².